The number of fused-ring (bicyclic) bond motifs is 3. The molecule has 65 heavy (non-hydrogen) atoms. The van der Waals surface area contributed by atoms with Crippen LogP contribution in [0, 0.1) is 17.8 Å². The van der Waals surface area contributed by atoms with Gasteiger partial charge in [-0.1, -0.05) is 115 Å². The second-order valence-electron chi connectivity index (χ2n) is 17.2. The number of nitrogens with zero attached hydrogens (tertiary/aromatic N) is 3. The highest BCUT2D eigenvalue weighted by Gasteiger charge is 2.74. The second kappa shape index (κ2) is 17.7. The highest BCUT2D eigenvalue weighted by Crippen LogP contribution is 2.65. The molecule has 3 N–H and O–H groups in total. The number of carbonyl (C=O) groups excluding carboxylic acids is 3. The van der Waals surface area contributed by atoms with Gasteiger partial charge >= 0.3 is 5.97 Å². The summed E-state index contributed by atoms with van der Waals surface area (Å²) in [7, 11) is 2.02. The van der Waals surface area contributed by atoms with Crippen molar-refractivity contribution in [3.63, 3.8) is 0 Å². The standard InChI is InChI=1S/C54H49N5O6/c1-57(35-37-12-5-2-6-13-37)29-11-14-36-19-28-45-44(34-36)54(53(63)56-45)46(51(61)55-41-22-24-42(25-23-41)58-30-32-64-33-31-58)48-52(62)65-49(39-17-9-4-10-18-39)47(38-15-7-3-8-16-38)59(48)50(54)40-20-26-43(60)27-21-40/h2-10,12-13,15-28,34,46-50,60H,29-33,35H2,1H3,(H,55,61)(H,56,63)/t46-,47-,48-,49+,50+,54-/m1/s1. The lowest BCUT2D eigenvalue weighted by Gasteiger charge is -2.46. The van der Waals surface area contributed by atoms with Gasteiger partial charge in [0, 0.05) is 42.3 Å². The molecule has 6 aromatic rings. The molecule has 0 unspecified atom stereocenters. The summed E-state index contributed by atoms with van der Waals surface area (Å²) in [6, 6.07) is 46.7. The van der Waals surface area contributed by atoms with Gasteiger partial charge < -0.3 is 30.1 Å². The number of esters is 1. The Morgan fingerprint density at radius 3 is 2.15 bits per heavy atom. The number of rotatable bonds is 9. The van der Waals surface area contributed by atoms with E-state index in [0.29, 0.717) is 47.8 Å². The molecule has 0 radical (unpaired) electrons. The van der Waals surface area contributed by atoms with Crippen LogP contribution >= 0.6 is 0 Å². The number of anilines is 3. The molecule has 0 bridgehead atoms. The van der Waals surface area contributed by atoms with E-state index in [0.717, 1.165) is 36.4 Å². The number of phenolic OH excluding ortho intramolecular Hbond substituents is 1. The van der Waals surface area contributed by atoms with Crippen molar-refractivity contribution in [3.8, 4) is 17.6 Å². The zero-order valence-electron chi connectivity index (χ0n) is 36.0. The minimum Gasteiger partial charge on any atom is -0.508 e. The van der Waals surface area contributed by atoms with Crippen LogP contribution in [0.2, 0.25) is 0 Å². The van der Waals surface area contributed by atoms with Crippen molar-refractivity contribution in [1.29, 1.82) is 0 Å². The minimum absolute atomic E-state index is 0.0399. The highest BCUT2D eigenvalue weighted by molar-refractivity contribution is 6.13. The fourth-order valence-electron chi connectivity index (χ4n) is 10.4. The maximum atomic E-state index is 15.6. The average Bonchev–Trinajstić information content (AvgIpc) is 3.82. The first kappa shape index (κ1) is 41.8. The van der Waals surface area contributed by atoms with E-state index in [1.165, 1.54) is 5.56 Å². The third-order valence-electron chi connectivity index (χ3n) is 13.2. The third-order valence-corrected chi connectivity index (χ3v) is 13.2. The zero-order chi connectivity index (χ0) is 44.5. The molecule has 6 atom stereocenters. The average molecular weight is 864 g/mol. The van der Waals surface area contributed by atoms with Crippen LogP contribution in [-0.4, -0.2) is 78.6 Å². The van der Waals surface area contributed by atoms with Crippen molar-refractivity contribution in [2.45, 2.75) is 36.2 Å². The molecule has 3 fully saturated rings. The summed E-state index contributed by atoms with van der Waals surface area (Å²) in [4.78, 5) is 52.7. The number of phenols is 1. The van der Waals surface area contributed by atoms with Crippen molar-refractivity contribution in [1.82, 2.24) is 9.80 Å². The lowest BCUT2D eigenvalue weighted by atomic mass is 9.65. The summed E-state index contributed by atoms with van der Waals surface area (Å²) < 4.78 is 12.1. The Balaban J connectivity index is 1.14. The maximum Gasteiger partial charge on any atom is 0.324 e. The highest BCUT2D eigenvalue weighted by atomic mass is 16.6. The van der Waals surface area contributed by atoms with Crippen molar-refractivity contribution in [2.75, 3.05) is 55.4 Å². The van der Waals surface area contributed by atoms with E-state index in [9.17, 15) is 5.11 Å². The molecule has 2 amide bonds. The number of nitrogens with one attached hydrogen (secondary N) is 2. The molecule has 4 heterocycles. The first-order valence-corrected chi connectivity index (χ1v) is 22.1. The molecule has 0 aliphatic carbocycles. The number of ether oxygens (including phenoxy) is 2. The summed E-state index contributed by atoms with van der Waals surface area (Å²) in [5.74, 6) is 3.85. The van der Waals surface area contributed by atoms with Crippen molar-refractivity contribution >= 4 is 34.8 Å². The Bertz CT molecular complexity index is 2750. The monoisotopic (exact) mass is 863 g/mol. The van der Waals surface area contributed by atoms with Gasteiger partial charge in [0.2, 0.25) is 11.8 Å². The van der Waals surface area contributed by atoms with Crippen molar-refractivity contribution in [2.24, 2.45) is 5.92 Å². The van der Waals surface area contributed by atoms with Crippen LogP contribution in [0.3, 0.4) is 0 Å². The Hall–Kier alpha value is -7.23. The van der Waals surface area contributed by atoms with Gasteiger partial charge in [-0.25, -0.2) is 0 Å². The molecule has 0 aromatic heterocycles. The number of hydrogen-bond acceptors (Lipinski definition) is 9. The fraction of sp³-hybridized carbons (Fsp3) is 0.241. The summed E-state index contributed by atoms with van der Waals surface area (Å²) in [6.07, 6.45) is -0.803. The van der Waals surface area contributed by atoms with Crippen LogP contribution in [0.4, 0.5) is 17.1 Å². The Morgan fingerprint density at radius 1 is 0.800 bits per heavy atom. The molecular weight excluding hydrogens is 815 g/mol. The Morgan fingerprint density at radius 2 is 1.46 bits per heavy atom. The van der Waals surface area contributed by atoms with Crippen LogP contribution < -0.4 is 15.5 Å². The first-order chi connectivity index (χ1) is 31.8. The first-order valence-electron chi connectivity index (χ1n) is 22.1. The van der Waals surface area contributed by atoms with Crippen LogP contribution in [0.25, 0.3) is 0 Å². The van der Waals surface area contributed by atoms with Gasteiger partial charge in [-0.3, -0.25) is 24.2 Å². The summed E-state index contributed by atoms with van der Waals surface area (Å²) in [6.45, 7) is 3.99. The minimum atomic E-state index is -1.70. The van der Waals surface area contributed by atoms with Crippen LogP contribution in [-0.2, 0) is 35.8 Å². The SMILES string of the molecule is CN(CC#Cc1ccc2c(c1)[C@]1(C(=O)N2)[C@H](c2ccc(O)cc2)N2[C@H](c3ccccc3)[C@H](c3ccccc3)OC(=O)[C@H]2[C@@H]1C(=O)Nc1ccc(N2CCOCC2)cc1)Cc1ccccc1. The van der Waals surface area contributed by atoms with Crippen molar-refractivity contribution in [3.05, 3.63) is 191 Å². The predicted octanol–water partition coefficient (Wildman–Crippen LogP) is 7.62. The van der Waals surface area contributed by atoms with Gasteiger partial charge in [0.15, 0.2) is 0 Å². The number of amides is 2. The van der Waals surface area contributed by atoms with Crippen molar-refractivity contribution < 1.29 is 29.0 Å². The quantitative estimate of drug-likeness (QED) is 0.0996. The number of hydrogen-bond donors (Lipinski definition) is 3. The Labute approximate surface area is 378 Å². The summed E-state index contributed by atoms with van der Waals surface area (Å²) >= 11 is 0. The number of benzene rings is 6. The van der Waals surface area contributed by atoms with Gasteiger partial charge in [-0.2, -0.15) is 0 Å². The number of aromatic hydroxyl groups is 1. The van der Waals surface area contributed by atoms with Crippen LogP contribution in [0.5, 0.6) is 5.75 Å². The third kappa shape index (κ3) is 7.80. The molecule has 6 aromatic carbocycles. The number of morpholine rings is 2. The molecule has 0 saturated carbocycles. The van der Waals surface area contributed by atoms with E-state index in [2.05, 4.69) is 44.4 Å². The van der Waals surface area contributed by atoms with E-state index in [-0.39, 0.29) is 5.75 Å². The van der Waals surface area contributed by atoms with E-state index >= 15 is 14.4 Å². The molecule has 4 aliphatic rings. The molecular formula is C54H49N5O6. The maximum absolute atomic E-state index is 15.6. The van der Waals surface area contributed by atoms with Gasteiger partial charge in [-0.05, 0) is 89.5 Å². The summed E-state index contributed by atoms with van der Waals surface area (Å²) in [5, 5.41) is 17.0. The molecule has 10 rings (SSSR count). The van der Waals surface area contributed by atoms with E-state index in [1.54, 1.807) is 24.3 Å². The van der Waals surface area contributed by atoms with E-state index in [1.807, 2.05) is 133 Å². The largest absolute Gasteiger partial charge is 0.508 e. The van der Waals surface area contributed by atoms with Crippen LogP contribution in [0.1, 0.15) is 51.6 Å². The summed E-state index contributed by atoms with van der Waals surface area (Å²) in [5.41, 5.74) is 4.99. The predicted molar refractivity (Wildman–Crippen MR) is 249 cm³/mol. The molecule has 11 heteroatoms. The fourth-order valence-corrected chi connectivity index (χ4v) is 10.4. The lowest BCUT2D eigenvalue weighted by Crippen LogP contribution is -2.53. The molecule has 3 saturated heterocycles. The van der Waals surface area contributed by atoms with E-state index < -0.39 is 53.3 Å². The number of carbonyl (C=O) groups is 3. The molecule has 11 nitrogen and oxygen atoms in total. The van der Waals surface area contributed by atoms with Gasteiger partial charge in [-0.15, -0.1) is 0 Å². The number of cyclic esters (lactones) is 1. The van der Waals surface area contributed by atoms with Crippen LogP contribution in [0.15, 0.2) is 158 Å². The smallest absolute Gasteiger partial charge is 0.324 e. The second-order valence-corrected chi connectivity index (χ2v) is 17.2. The zero-order valence-corrected chi connectivity index (χ0v) is 36.0. The van der Waals surface area contributed by atoms with Gasteiger partial charge in [0.1, 0.15) is 23.3 Å². The molecule has 326 valence electrons. The normalized spacial score (nSPS) is 23.5. The van der Waals surface area contributed by atoms with E-state index in [4.69, 9.17) is 9.47 Å². The topological polar surface area (TPSA) is 124 Å². The molecule has 4 aliphatic heterocycles. The molecule has 1 spiro atoms. The lowest BCUT2D eigenvalue weighted by molar-refractivity contribution is -0.177. The van der Waals surface area contributed by atoms with Gasteiger partial charge in [0.05, 0.1) is 37.8 Å². The van der Waals surface area contributed by atoms with Gasteiger partial charge in [0.25, 0.3) is 0 Å². The Kier molecular flexibility index (Phi) is 11.4.